The number of unbranched alkanes of at least 4 members (excludes halogenated alkanes) is 4. The molecular weight excluding hydrogens is 230 g/mol. The van der Waals surface area contributed by atoms with Crippen molar-refractivity contribution in [1.29, 1.82) is 0 Å². The van der Waals surface area contributed by atoms with Crippen molar-refractivity contribution in [2.75, 3.05) is 5.32 Å². The Bertz CT molecular complexity index is 314. The highest BCUT2D eigenvalue weighted by molar-refractivity contribution is 5.45. The molecule has 1 rings (SSSR count). The fourth-order valence-corrected chi connectivity index (χ4v) is 2.74. The first-order chi connectivity index (χ1) is 9.26. The van der Waals surface area contributed by atoms with E-state index >= 15 is 0 Å². The predicted molar refractivity (Wildman–Crippen MR) is 86.8 cm³/mol. The maximum absolute atomic E-state index is 3.78. The fourth-order valence-electron chi connectivity index (χ4n) is 2.74. The van der Waals surface area contributed by atoms with E-state index in [1.807, 2.05) is 0 Å². The van der Waals surface area contributed by atoms with Gasteiger partial charge in [-0.2, -0.15) is 0 Å². The molecule has 1 aromatic carbocycles. The molecule has 0 atom stereocenters. The third-order valence-electron chi connectivity index (χ3n) is 4.30. The van der Waals surface area contributed by atoms with Gasteiger partial charge in [-0.1, -0.05) is 71.1 Å². The lowest BCUT2D eigenvalue weighted by molar-refractivity contribution is 0.383. The molecule has 1 nitrogen and oxygen atoms in total. The average molecular weight is 261 g/mol. The molecule has 1 heteroatoms. The van der Waals surface area contributed by atoms with Crippen LogP contribution in [0.3, 0.4) is 0 Å². The first kappa shape index (κ1) is 16.1. The highest BCUT2D eigenvalue weighted by Crippen LogP contribution is 2.28. The monoisotopic (exact) mass is 261 g/mol. The minimum atomic E-state index is 0.285. The summed E-state index contributed by atoms with van der Waals surface area (Å²) in [5.41, 5.74) is 1.55. The van der Waals surface area contributed by atoms with Gasteiger partial charge < -0.3 is 5.32 Å². The lowest BCUT2D eigenvalue weighted by Crippen LogP contribution is -2.36. The van der Waals surface area contributed by atoms with E-state index < -0.39 is 0 Å². The van der Waals surface area contributed by atoms with Gasteiger partial charge in [0.2, 0.25) is 0 Å². The number of benzene rings is 1. The van der Waals surface area contributed by atoms with E-state index in [1.165, 1.54) is 57.1 Å². The summed E-state index contributed by atoms with van der Waals surface area (Å²) in [4.78, 5) is 0. The van der Waals surface area contributed by atoms with Crippen molar-refractivity contribution in [2.24, 2.45) is 0 Å². The highest BCUT2D eigenvalue weighted by Gasteiger charge is 2.24. The van der Waals surface area contributed by atoms with Crippen molar-refractivity contribution in [2.45, 2.75) is 77.7 Å². The second-order valence-corrected chi connectivity index (χ2v) is 5.64. The molecule has 0 aliphatic rings. The molecule has 0 aliphatic carbocycles. The minimum absolute atomic E-state index is 0.285. The quantitative estimate of drug-likeness (QED) is 0.508. The second kappa shape index (κ2) is 9.01. The lowest BCUT2D eigenvalue weighted by Gasteiger charge is -2.34. The fraction of sp³-hybridized carbons (Fsp3) is 0.667. The largest absolute Gasteiger partial charge is 0.380 e. The smallest absolute Gasteiger partial charge is 0.0368 e. The molecule has 0 saturated carbocycles. The molecule has 1 aromatic rings. The van der Waals surface area contributed by atoms with Crippen LogP contribution in [0.1, 0.15) is 72.1 Å². The van der Waals surface area contributed by atoms with Gasteiger partial charge in [0.25, 0.3) is 0 Å². The molecule has 0 saturated heterocycles. The lowest BCUT2D eigenvalue weighted by atomic mass is 9.86. The van der Waals surface area contributed by atoms with E-state index in [0.29, 0.717) is 0 Å². The van der Waals surface area contributed by atoms with E-state index in [0.717, 1.165) is 0 Å². The van der Waals surface area contributed by atoms with Gasteiger partial charge in [-0.15, -0.1) is 0 Å². The van der Waals surface area contributed by atoms with E-state index in [1.54, 1.807) is 0 Å². The Kier molecular flexibility index (Phi) is 7.62. The summed E-state index contributed by atoms with van der Waals surface area (Å²) in [6.07, 6.45) is 10.5. The number of rotatable bonds is 10. The molecule has 108 valence electrons. The van der Waals surface area contributed by atoms with Gasteiger partial charge in [0.15, 0.2) is 0 Å². The number of para-hydroxylation sites is 1. The average Bonchev–Trinajstić information content (AvgIpc) is 2.47. The van der Waals surface area contributed by atoms with Crippen LogP contribution >= 0.6 is 0 Å². The zero-order valence-electron chi connectivity index (χ0n) is 13.0. The van der Waals surface area contributed by atoms with Crippen LogP contribution in [-0.4, -0.2) is 5.54 Å². The van der Waals surface area contributed by atoms with Crippen molar-refractivity contribution in [1.82, 2.24) is 0 Å². The Labute approximate surface area is 119 Å². The standard InChI is InChI=1S/C18H31N/c1-4-7-8-9-13-16-18(5-2,6-3)19-17-14-11-10-12-15-17/h10-12,14-15,19H,4-9,13,16H2,1-3H3. The Morgan fingerprint density at radius 1 is 0.842 bits per heavy atom. The van der Waals surface area contributed by atoms with E-state index in [2.05, 4.69) is 56.4 Å². The summed E-state index contributed by atoms with van der Waals surface area (Å²) in [6.45, 7) is 6.90. The Balaban J connectivity index is 2.49. The molecule has 0 fully saturated rings. The Morgan fingerprint density at radius 2 is 1.47 bits per heavy atom. The summed E-state index contributed by atoms with van der Waals surface area (Å²) in [7, 11) is 0. The first-order valence-electron chi connectivity index (χ1n) is 8.09. The Hall–Kier alpha value is -0.980. The van der Waals surface area contributed by atoms with Crippen molar-refractivity contribution < 1.29 is 0 Å². The van der Waals surface area contributed by atoms with Crippen molar-refractivity contribution in [3.05, 3.63) is 30.3 Å². The molecule has 0 amide bonds. The number of nitrogens with one attached hydrogen (secondary N) is 1. The Morgan fingerprint density at radius 3 is 2.05 bits per heavy atom. The van der Waals surface area contributed by atoms with Crippen LogP contribution in [-0.2, 0) is 0 Å². The van der Waals surface area contributed by atoms with Gasteiger partial charge >= 0.3 is 0 Å². The predicted octanol–water partition coefficient (Wildman–Crippen LogP) is 6.02. The van der Waals surface area contributed by atoms with Gasteiger partial charge in [-0.05, 0) is 31.4 Å². The number of hydrogen-bond donors (Lipinski definition) is 1. The van der Waals surface area contributed by atoms with Gasteiger partial charge in [-0.25, -0.2) is 0 Å². The van der Waals surface area contributed by atoms with Crippen molar-refractivity contribution in [3.63, 3.8) is 0 Å². The minimum Gasteiger partial charge on any atom is -0.380 e. The van der Waals surface area contributed by atoms with E-state index in [-0.39, 0.29) is 5.54 Å². The van der Waals surface area contributed by atoms with Gasteiger partial charge in [-0.3, -0.25) is 0 Å². The van der Waals surface area contributed by atoms with Crippen LogP contribution in [0.25, 0.3) is 0 Å². The normalized spacial score (nSPS) is 11.5. The molecule has 0 bridgehead atoms. The van der Waals surface area contributed by atoms with Gasteiger partial charge in [0, 0.05) is 11.2 Å². The molecule has 0 aliphatic heterocycles. The number of anilines is 1. The van der Waals surface area contributed by atoms with Crippen LogP contribution in [0.2, 0.25) is 0 Å². The zero-order chi connectivity index (χ0) is 14.0. The van der Waals surface area contributed by atoms with Gasteiger partial charge in [0.05, 0.1) is 0 Å². The van der Waals surface area contributed by atoms with E-state index in [9.17, 15) is 0 Å². The maximum Gasteiger partial charge on any atom is 0.0368 e. The maximum atomic E-state index is 3.78. The highest BCUT2D eigenvalue weighted by atomic mass is 15.0. The molecule has 19 heavy (non-hydrogen) atoms. The van der Waals surface area contributed by atoms with Crippen molar-refractivity contribution in [3.8, 4) is 0 Å². The molecule has 0 aromatic heterocycles. The summed E-state index contributed by atoms with van der Waals surface area (Å²) < 4.78 is 0. The summed E-state index contributed by atoms with van der Waals surface area (Å²) in [5.74, 6) is 0. The SMILES string of the molecule is CCCCCCCC(CC)(CC)Nc1ccccc1. The molecule has 0 spiro atoms. The topological polar surface area (TPSA) is 12.0 Å². The summed E-state index contributed by atoms with van der Waals surface area (Å²) in [6, 6.07) is 10.7. The summed E-state index contributed by atoms with van der Waals surface area (Å²) in [5, 5.41) is 3.78. The number of hydrogen-bond acceptors (Lipinski definition) is 1. The molecule has 0 radical (unpaired) electrons. The summed E-state index contributed by atoms with van der Waals surface area (Å²) >= 11 is 0. The van der Waals surface area contributed by atoms with Crippen LogP contribution in [0, 0.1) is 0 Å². The van der Waals surface area contributed by atoms with Crippen LogP contribution in [0.15, 0.2) is 30.3 Å². The molecule has 0 heterocycles. The van der Waals surface area contributed by atoms with Gasteiger partial charge in [0.1, 0.15) is 0 Å². The van der Waals surface area contributed by atoms with Crippen LogP contribution in [0.4, 0.5) is 5.69 Å². The molecule has 1 N–H and O–H groups in total. The van der Waals surface area contributed by atoms with Crippen LogP contribution < -0.4 is 5.32 Å². The molecule has 0 unspecified atom stereocenters. The van der Waals surface area contributed by atoms with Crippen molar-refractivity contribution >= 4 is 5.69 Å². The third-order valence-corrected chi connectivity index (χ3v) is 4.30. The first-order valence-corrected chi connectivity index (χ1v) is 8.09. The zero-order valence-corrected chi connectivity index (χ0v) is 13.0. The van der Waals surface area contributed by atoms with E-state index in [4.69, 9.17) is 0 Å². The molecular formula is C18H31N. The third kappa shape index (κ3) is 5.67. The van der Waals surface area contributed by atoms with Crippen LogP contribution in [0.5, 0.6) is 0 Å². The second-order valence-electron chi connectivity index (χ2n) is 5.64.